The van der Waals surface area contributed by atoms with Crippen LogP contribution >= 0.6 is 0 Å². The van der Waals surface area contributed by atoms with Gasteiger partial charge >= 0.3 is 12.2 Å². The highest BCUT2D eigenvalue weighted by Gasteiger charge is 2.27. The molecule has 10 nitrogen and oxygen atoms in total. The maximum Gasteiger partial charge on any atom is 0.412 e. The molecule has 2 aromatic rings. The molecule has 0 aliphatic rings. The van der Waals surface area contributed by atoms with Crippen LogP contribution in [0.3, 0.4) is 0 Å². The molecule has 2 amide bonds. The number of rotatable bonds is 12. The number of nitrogens with one attached hydrogen (secondary N) is 2. The lowest BCUT2D eigenvalue weighted by Crippen LogP contribution is -2.49. The Kier molecular flexibility index (Phi) is 12.1. The van der Waals surface area contributed by atoms with Crippen LogP contribution in [0.5, 0.6) is 17.2 Å². The number of hydrogen-bond acceptors (Lipinski definition) is 8. The van der Waals surface area contributed by atoms with Gasteiger partial charge in [-0.15, -0.1) is 0 Å². The molecule has 0 saturated heterocycles. The van der Waals surface area contributed by atoms with Crippen molar-refractivity contribution in [3.05, 3.63) is 53.6 Å². The molecule has 214 valence electrons. The van der Waals surface area contributed by atoms with Crippen molar-refractivity contribution in [1.82, 2.24) is 10.6 Å². The Morgan fingerprint density at radius 2 is 1.49 bits per heavy atom. The normalized spacial score (nSPS) is 13.1. The molecular formula is C29H40N2O8. The molecule has 2 rings (SSSR count). The van der Waals surface area contributed by atoms with E-state index < -0.39 is 30.1 Å². The van der Waals surface area contributed by atoms with Gasteiger partial charge in [0.2, 0.25) is 0 Å². The fourth-order valence-corrected chi connectivity index (χ4v) is 3.36. The molecule has 0 heterocycles. The fourth-order valence-electron chi connectivity index (χ4n) is 3.36. The highest BCUT2D eigenvalue weighted by molar-refractivity contribution is 5.73. The Morgan fingerprint density at radius 3 is 2.03 bits per heavy atom. The first kappa shape index (κ1) is 31.5. The first-order chi connectivity index (χ1) is 18.4. The van der Waals surface area contributed by atoms with E-state index in [2.05, 4.69) is 10.6 Å². The van der Waals surface area contributed by atoms with Crippen molar-refractivity contribution in [2.24, 2.45) is 5.92 Å². The minimum Gasteiger partial charge on any atom is -0.497 e. The van der Waals surface area contributed by atoms with Crippen LogP contribution in [-0.2, 0) is 9.47 Å². The predicted molar refractivity (Wildman–Crippen MR) is 149 cm³/mol. The van der Waals surface area contributed by atoms with Crippen molar-refractivity contribution in [1.29, 1.82) is 0 Å². The second-order valence-corrected chi connectivity index (χ2v) is 10.0. The van der Waals surface area contributed by atoms with Gasteiger partial charge in [0.05, 0.1) is 26.9 Å². The Hall–Kier alpha value is -3.76. The second-order valence-electron chi connectivity index (χ2n) is 10.0. The lowest BCUT2D eigenvalue weighted by Gasteiger charge is -2.29. The number of hydrogen-bond donors (Lipinski definition) is 3. The Balaban J connectivity index is 1.79. The topological polar surface area (TPSA) is 125 Å². The van der Waals surface area contributed by atoms with Crippen LogP contribution in [-0.4, -0.2) is 62.6 Å². The lowest BCUT2D eigenvalue weighted by molar-refractivity contribution is -0.125. The third kappa shape index (κ3) is 11.7. The van der Waals surface area contributed by atoms with E-state index in [4.69, 9.17) is 23.7 Å². The van der Waals surface area contributed by atoms with Gasteiger partial charge in [-0.25, -0.2) is 9.59 Å². The maximum atomic E-state index is 12.1. The summed E-state index contributed by atoms with van der Waals surface area (Å²) >= 11 is 0. The molecule has 0 aliphatic carbocycles. The number of methoxy groups -OCH3 is 2. The number of amides is 2. The summed E-state index contributed by atoms with van der Waals surface area (Å²) in [6.45, 7) is 9.03. The summed E-state index contributed by atoms with van der Waals surface area (Å²) in [5.41, 5.74) is 1.16. The largest absolute Gasteiger partial charge is 0.497 e. The molecule has 0 saturated carbocycles. The van der Waals surface area contributed by atoms with Crippen LogP contribution < -0.4 is 24.8 Å². The number of alkyl carbamates (subject to hydrolysis) is 1. The molecule has 0 spiro atoms. The van der Waals surface area contributed by atoms with Gasteiger partial charge < -0.3 is 39.4 Å². The van der Waals surface area contributed by atoms with Crippen LogP contribution in [0.4, 0.5) is 9.59 Å². The van der Waals surface area contributed by atoms with Gasteiger partial charge in [-0.05, 0) is 62.1 Å². The van der Waals surface area contributed by atoms with E-state index >= 15 is 0 Å². The number of aliphatic hydroxyl groups excluding tert-OH is 1. The molecule has 39 heavy (non-hydrogen) atoms. The molecule has 0 aromatic heterocycles. The zero-order valence-corrected chi connectivity index (χ0v) is 23.6. The number of carbonyl (C=O) groups excluding carboxylic acids is 2. The lowest BCUT2D eigenvalue weighted by atomic mass is 10.0. The predicted octanol–water partition coefficient (Wildman–Crippen LogP) is 4.85. The molecular weight excluding hydrogens is 504 g/mol. The Labute approximate surface area is 230 Å². The molecule has 2 unspecified atom stereocenters. The standard InChI is InChI=1S/C29H40N2O8/c1-19(2)25(31-28(34)39-29(3,4)5)26(32)37-15-14-30-27(33)38-22-12-10-20(11-13-22)8-9-21-16-23(35-6)18-24(17-21)36-7/h8-13,16-19,25-26,32H,14-15H2,1-7H3,(H,30,33)(H,31,34)/b9-8+. The first-order valence-electron chi connectivity index (χ1n) is 12.7. The van der Waals surface area contributed by atoms with Gasteiger partial charge in [0.25, 0.3) is 0 Å². The highest BCUT2D eigenvalue weighted by atomic mass is 16.6. The molecule has 2 aromatic carbocycles. The van der Waals surface area contributed by atoms with E-state index in [9.17, 15) is 14.7 Å². The van der Waals surface area contributed by atoms with Crippen LogP contribution in [0, 0.1) is 5.92 Å². The van der Waals surface area contributed by atoms with Gasteiger partial charge in [0.15, 0.2) is 6.29 Å². The number of carbonyl (C=O) groups is 2. The molecule has 2 atom stereocenters. The quantitative estimate of drug-likeness (QED) is 0.197. The minimum absolute atomic E-state index is 0.00821. The van der Waals surface area contributed by atoms with E-state index in [0.717, 1.165) is 11.1 Å². The van der Waals surface area contributed by atoms with E-state index in [1.807, 2.05) is 50.3 Å². The van der Waals surface area contributed by atoms with Gasteiger partial charge in [-0.1, -0.05) is 38.1 Å². The number of benzene rings is 2. The average molecular weight is 545 g/mol. The summed E-state index contributed by atoms with van der Waals surface area (Å²) in [5.74, 6) is 1.64. The molecule has 0 aliphatic heterocycles. The van der Waals surface area contributed by atoms with Crippen LogP contribution in [0.2, 0.25) is 0 Å². The molecule has 3 N–H and O–H groups in total. The fraction of sp³-hybridized carbons (Fsp3) is 0.448. The minimum atomic E-state index is -1.28. The summed E-state index contributed by atoms with van der Waals surface area (Å²) < 4.78 is 26.5. The van der Waals surface area contributed by atoms with Crippen molar-refractivity contribution in [3.8, 4) is 17.2 Å². The van der Waals surface area contributed by atoms with E-state index in [1.165, 1.54) is 0 Å². The Morgan fingerprint density at radius 1 is 0.897 bits per heavy atom. The van der Waals surface area contributed by atoms with Gasteiger partial charge in [0.1, 0.15) is 22.8 Å². The number of aliphatic hydroxyl groups is 1. The van der Waals surface area contributed by atoms with Crippen LogP contribution in [0.25, 0.3) is 12.2 Å². The van der Waals surface area contributed by atoms with Gasteiger partial charge in [0, 0.05) is 12.6 Å². The third-order valence-electron chi connectivity index (χ3n) is 5.30. The smallest absolute Gasteiger partial charge is 0.412 e. The summed E-state index contributed by atoms with van der Waals surface area (Å²) in [6.07, 6.45) is 1.26. The van der Waals surface area contributed by atoms with E-state index in [1.54, 1.807) is 53.2 Å². The van der Waals surface area contributed by atoms with Crippen LogP contribution in [0.1, 0.15) is 45.7 Å². The van der Waals surface area contributed by atoms with Crippen molar-refractivity contribution in [2.75, 3.05) is 27.4 Å². The Bertz CT molecular complexity index is 1070. The molecule has 0 bridgehead atoms. The summed E-state index contributed by atoms with van der Waals surface area (Å²) in [4.78, 5) is 24.2. The third-order valence-corrected chi connectivity index (χ3v) is 5.30. The van der Waals surface area contributed by atoms with E-state index in [0.29, 0.717) is 17.2 Å². The van der Waals surface area contributed by atoms with Crippen molar-refractivity contribution < 1.29 is 38.4 Å². The SMILES string of the molecule is COc1cc(/C=C/c2ccc(OC(=O)NCCOC(O)C(NC(=O)OC(C)(C)C)C(C)C)cc2)cc(OC)c1. The summed E-state index contributed by atoms with van der Waals surface area (Å²) in [7, 11) is 3.20. The van der Waals surface area contributed by atoms with Gasteiger partial charge in [-0.3, -0.25) is 0 Å². The van der Waals surface area contributed by atoms with Crippen molar-refractivity contribution in [3.63, 3.8) is 0 Å². The van der Waals surface area contributed by atoms with E-state index in [-0.39, 0.29) is 19.1 Å². The van der Waals surface area contributed by atoms with Crippen molar-refractivity contribution in [2.45, 2.75) is 52.6 Å². The summed E-state index contributed by atoms with van der Waals surface area (Å²) in [5, 5.41) is 15.6. The molecule has 10 heteroatoms. The zero-order chi connectivity index (χ0) is 29.0. The number of ether oxygens (including phenoxy) is 5. The maximum absolute atomic E-state index is 12.1. The molecule has 0 radical (unpaired) electrons. The van der Waals surface area contributed by atoms with Crippen molar-refractivity contribution >= 4 is 24.3 Å². The second kappa shape index (κ2) is 15.0. The first-order valence-corrected chi connectivity index (χ1v) is 12.7. The highest BCUT2D eigenvalue weighted by Crippen LogP contribution is 2.24. The summed E-state index contributed by atoms with van der Waals surface area (Å²) in [6, 6.07) is 11.9. The molecule has 0 fully saturated rings. The average Bonchev–Trinajstić information content (AvgIpc) is 2.87. The van der Waals surface area contributed by atoms with Crippen LogP contribution in [0.15, 0.2) is 42.5 Å². The van der Waals surface area contributed by atoms with Gasteiger partial charge in [-0.2, -0.15) is 0 Å². The zero-order valence-electron chi connectivity index (χ0n) is 23.6. The monoisotopic (exact) mass is 544 g/mol.